The van der Waals surface area contributed by atoms with E-state index in [1.807, 2.05) is 18.3 Å². The molecular formula is C17H24ClN3OS. The molecule has 0 fully saturated rings. The molecule has 0 atom stereocenters. The van der Waals surface area contributed by atoms with Gasteiger partial charge in [-0.2, -0.15) is 0 Å². The molecule has 4 nitrogen and oxygen atoms in total. The van der Waals surface area contributed by atoms with E-state index >= 15 is 0 Å². The summed E-state index contributed by atoms with van der Waals surface area (Å²) < 4.78 is 5.81. The number of nitrogens with one attached hydrogen (secondary N) is 1. The average Bonchev–Trinajstić information content (AvgIpc) is 3.05. The molecule has 1 heterocycles. The van der Waals surface area contributed by atoms with Crippen LogP contribution in [0.3, 0.4) is 0 Å². The van der Waals surface area contributed by atoms with Crippen molar-refractivity contribution in [1.82, 2.24) is 14.7 Å². The molecule has 0 saturated carbocycles. The van der Waals surface area contributed by atoms with Gasteiger partial charge in [0.15, 0.2) is 0 Å². The highest BCUT2D eigenvalue weighted by Crippen LogP contribution is 2.26. The number of halogens is 1. The van der Waals surface area contributed by atoms with Crippen molar-refractivity contribution in [2.24, 2.45) is 0 Å². The summed E-state index contributed by atoms with van der Waals surface area (Å²) in [6.07, 6.45) is 2.90. The van der Waals surface area contributed by atoms with Crippen LogP contribution < -0.4 is 9.57 Å². The lowest BCUT2D eigenvalue weighted by Crippen LogP contribution is -2.25. The average molecular weight is 354 g/mol. The van der Waals surface area contributed by atoms with Gasteiger partial charge in [0.05, 0.1) is 6.61 Å². The molecule has 0 saturated heterocycles. The Balaban J connectivity index is 1.82. The fourth-order valence-corrected chi connectivity index (χ4v) is 3.38. The Morgan fingerprint density at radius 1 is 1.22 bits per heavy atom. The van der Waals surface area contributed by atoms with Crippen molar-refractivity contribution >= 4 is 23.1 Å². The standard InChI is InChI=1S/C17H24ClN3OS/c1-3-21(4-2)10-5-11-22-15-8-6-14(7-9-15)17-19-12-16(23-17)13-20-18/h6-9,12,20H,3-5,10-11,13H2,1-2H3. The summed E-state index contributed by atoms with van der Waals surface area (Å²) in [6.45, 7) is 9.04. The van der Waals surface area contributed by atoms with Crippen LogP contribution in [0.1, 0.15) is 25.1 Å². The van der Waals surface area contributed by atoms with Gasteiger partial charge in [-0.1, -0.05) is 13.8 Å². The van der Waals surface area contributed by atoms with Crippen molar-refractivity contribution in [3.05, 3.63) is 35.3 Å². The van der Waals surface area contributed by atoms with Gasteiger partial charge >= 0.3 is 0 Å². The van der Waals surface area contributed by atoms with Gasteiger partial charge in [-0.05, 0) is 55.6 Å². The largest absolute Gasteiger partial charge is 0.494 e. The van der Waals surface area contributed by atoms with Crippen molar-refractivity contribution in [1.29, 1.82) is 0 Å². The third kappa shape index (κ3) is 5.77. The van der Waals surface area contributed by atoms with Crippen molar-refractivity contribution in [3.63, 3.8) is 0 Å². The Kier molecular flexibility index (Phi) is 7.82. The third-order valence-electron chi connectivity index (χ3n) is 3.68. The summed E-state index contributed by atoms with van der Waals surface area (Å²) in [5, 5.41) is 1.00. The highest BCUT2D eigenvalue weighted by molar-refractivity contribution is 7.15. The maximum Gasteiger partial charge on any atom is 0.123 e. The quantitative estimate of drug-likeness (QED) is 0.514. The Hall–Kier alpha value is -1.14. The van der Waals surface area contributed by atoms with Crippen molar-refractivity contribution in [2.75, 3.05) is 26.2 Å². The molecule has 0 aliphatic rings. The molecule has 2 rings (SSSR count). The highest BCUT2D eigenvalue weighted by Gasteiger charge is 2.05. The first-order valence-corrected chi connectivity index (χ1v) is 9.20. The number of ether oxygens (including phenoxy) is 1. The van der Waals surface area contributed by atoms with Crippen LogP contribution in [-0.4, -0.2) is 36.1 Å². The van der Waals surface area contributed by atoms with Crippen LogP contribution in [0.4, 0.5) is 0 Å². The van der Waals surface area contributed by atoms with Crippen molar-refractivity contribution in [3.8, 4) is 16.3 Å². The molecule has 0 aliphatic heterocycles. The molecule has 6 heteroatoms. The minimum atomic E-state index is 0.632. The van der Waals surface area contributed by atoms with E-state index in [2.05, 4.69) is 40.7 Å². The zero-order valence-electron chi connectivity index (χ0n) is 13.7. The van der Waals surface area contributed by atoms with Gasteiger partial charge in [-0.25, -0.2) is 9.82 Å². The summed E-state index contributed by atoms with van der Waals surface area (Å²) >= 11 is 7.16. The van der Waals surface area contributed by atoms with Crippen LogP contribution >= 0.6 is 23.1 Å². The molecule has 2 aromatic rings. The molecular weight excluding hydrogens is 330 g/mol. The Morgan fingerprint density at radius 3 is 2.61 bits per heavy atom. The lowest BCUT2D eigenvalue weighted by molar-refractivity contribution is 0.249. The number of hydrogen-bond donors (Lipinski definition) is 1. The molecule has 1 N–H and O–H groups in total. The van der Waals surface area contributed by atoms with Crippen LogP contribution in [0.2, 0.25) is 0 Å². The number of benzene rings is 1. The molecule has 126 valence electrons. The SMILES string of the molecule is CCN(CC)CCCOc1ccc(-c2ncc(CNCl)s2)cc1. The van der Waals surface area contributed by atoms with Gasteiger partial charge in [0.25, 0.3) is 0 Å². The number of nitrogens with zero attached hydrogens (tertiary/aromatic N) is 2. The maximum atomic E-state index is 5.81. The molecule has 1 aromatic carbocycles. The van der Waals surface area contributed by atoms with E-state index in [1.54, 1.807) is 11.3 Å². The summed E-state index contributed by atoms with van der Waals surface area (Å²) in [4.78, 5) is 10.6. The molecule has 1 aromatic heterocycles. The fraction of sp³-hybridized carbons (Fsp3) is 0.471. The first-order valence-electron chi connectivity index (χ1n) is 8.00. The second-order valence-corrected chi connectivity index (χ2v) is 6.58. The van der Waals surface area contributed by atoms with Crippen LogP contribution in [0.25, 0.3) is 10.6 Å². The number of aromatic nitrogens is 1. The normalized spacial score (nSPS) is 11.1. The zero-order valence-corrected chi connectivity index (χ0v) is 15.3. The van der Waals surface area contributed by atoms with Gasteiger partial charge in [-0.3, -0.25) is 0 Å². The van der Waals surface area contributed by atoms with Gasteiger partial charge in [0.2, 0.25) is 0 Å². The number of hydrogen-bond acceptors (Lipinski definition) is 5. The van der Waals surface area contributed by atoms with Crippen molar-refractivity contribution < 1.29 is 4.74 Å². The third-order valence-corrected chi connectivity index (χ3v) is 4.86. The summed E-state index contributed by atoms with van der Waals surface area (Å²) in [5.41, 5.74) is 1.10. The minimum absolute atomic E-state index is 0.632. The van der Waals surface area contributed by atoms with Crippen LogP contribution in [0, 0.1) is 0 Å². The van der Waals surface area contributed by atoms with Gasteiger partial charge in [-0.15, -0.1) is 11.3 Å². The number of thiazole rings is 1. The molecule has 0 bridgehead atoms. The first-order chi connectivity index (χ1) is 11.3. The summed E-state index contributed by atoms with van der Waals surface area (Å²) in [6, 6.07) is 8.12. The second kappa shape index (κ2) is 9.88. The van der Waals surface area contributed by atoms with E-state index in [9.17, 15) is 0 Å². The van der Waals surface area contributed by atoms with E-state index in [-0.39, 0.29) is 0 Å². The molecule has 23 heavy (non-hydrogen) atoms. The van der Waals surface area contributed by atoms with E-state index in [0.717, 1.165) is 53.9 Å². The first kappa shape index (κ1) is 18.2. The van der Waals surface area contributed by atoms with Crippen LogP contribution in [0.15, 0.2) is 30.5 Å². The molecule has 0 aliphatic carbocycles. The Labute approximate surface area is 147 Å². The van der Waals surface area contributed by atoms with E-state index in [0.29, 0.717) is 6.54 Å². The second-order valence-electron chi connectivity index (χ2n) is 5.20. The van der Waals surface area contributed by atoms with E-state index < -0.39 is 0 Å². The Morgan fingerprint density at radius 2 is 1.96 bits per heavy atom. The molecule has 0 unspecified atom stereocenters. The Bertz CT molecular complexity index is 569. The minimum Gasteiger partial charge on any atom is -0.494 e. The molecule has 0 radical (unpaired) electrons. The topological polar surface area (TPSA) is 37.4 Å². The maximum absolute atomic E-state index is 5.81. The van der Waals surface area contributed by atoms with E-state index in [4.69, 9.17) is 16.5 Å². The van der Waals surface area contributed by atoms with Gasteiger partial charge in [0, 0.05) is 29.7 Å². The molecule has 0 spiro atoms. The van der Waals surface area contributed by atoms with Gasteiger partial charge < -0.3 is 9.64 Å². The molecule has 0 amide bonds. The lowest BCUT2D eigenvalue weighted by atomic mass is 10.2. The number of rotatable bonds is 10. The predicted octanol–water partition coefficient (Wildman–Crippen LogP) is 4.16. The van der Waals surface area contributed by atoms with Crippen molar-refractivity contribution in [2.45, 2.75) is 26.8 Å². The summed E-state index contributed by atoms with van der Waals surface area (Å²) in [5.74, 6) is 0.910. The smallest absolute Gasteiger partial charge is 0.123 e. The monoisotopic (exact) mass is 353 g/mol. The van der Waals surface area contributed by atoms with Crippen LogP contribution in [0.5, 0.6) is 5.75 Å². The zero-order chi connectivity index (χ0) is 16.5. The summed E-state index contributed by atoms with van der Waals surface area (Å²) in [7, 11) is 0. The fourth-order valence-electron chi connectivity index (χ4n) is 2.30. The highest BCUT2D eigenvalue weighted by atomic mass is 35.5. The lowest BCUT2D eigenvalue weighted by Gasteiger charge is -2.17. The van der Waals surface area contributed by atoms with Gasteiger partial charge in [0.1, 0.15) is 10.8 Å². The predicted molar refractivity (Wildman–Crippen MR) is 98.1 cm³/mol. The van der Waals surface area contributed by atoms with Crippen LogP contribution in [-0.2, 0) is 6.54 Å². The van der Waals surface area contributed by atoms with E-state index in [1.165, 1.54) is 0 Å².